The van der Waals surface area contributed by atoms with Gasteiger partial charge in [-0.05, 0) is 30.3 Å². The molecule has 0 saturated carbocycles. The number of rotatable bonds is 6. The molecule has 0 aromatic heterocycles. The molecule has 1 heterocycles. The van der Waals surface area contributed by atoms with E-state index in [1.807, 2.05) is 13.0 Å². The second-order valence-electron chi connectivity index (χ2n) is 5.05. The molecule has 1 aliphatic heterocycles. The van der Waals surface area contributed by atoms with Crippen LogP contribution in [-0.2, 0) is 16.0 Å². The van der Waals surface area contributed by atoms with Gasteiger partial charge in [0.2, 0.25) is 0 Å². The molecular formula is C15H23FN2O2. The molecule has 0 aliphatic carbocycles. The minimum Gasteiger partial charge on any atom is -0.377 e. The highest BCUT2D eigenvalue weighted by molar-refractivity contribution is 5.50. The predicted octanol–water partition coefficient (Wildman–Crippen LogP) is 1.79. The zero-order valence-corrected chi connectivity index (χ0v) is 12.4. The molecular weight excluding hydrogens is 259 g/mol. The summed E-state index contributed by atoms with van der Waals surface area (Å²) in [6.07, 6.45) is 0.0565. The van der Waals surface area contributed by atoms with Crippen LogP contribution >= 0.6 is 0 Å². The van der Waals surface area contributed by atoms with E-state index in [1.165, 1.54) is 0 Å². The Labute approximate surface area is 119 Å². The Morgan fingerprint density at radius 3 is 2.40 bits per heavy atom. The van der Waals surface area contributed by atoms with Crippen LogP contribution in [0.2, 0.25) is 0 Å². The molecule has 0 radical (unpaired) electrons. The van der Waals surface area contributed by atoms with E-state index in [0.717, 1.165) is 30.9 Å². The summed E-state index contributed by atoms with van der Waals surface area (Å²) in [5, 5.41) is 3.21. The third-order valence-corrected chi connectivity index (χ3v) is 3.71. The van der Waals surface area contributed by atoms with Crippen molar-refractivity contribution in [3.63, 3.8) is 0 Å². The van der Waals surface area contributed by atoms with Gasteiger partial charge < -0.3 is 19.7 Å². The summed E-state index contributed by atoms with van der Waals surface area (Å²) < 4.78 is 24.6. The molecule has 20 heavy (non-hydrogen) atoms. The number of ether oxygens (including phenoxy) is 2. The highest BCUT2D eigenvalue weighted by Gasteiger charge is 2.33. The van der Waals surface area contributed by atoms with Crippen molar-refractivity contribution < 1.29 is 13.9 Å². The Balaban J connectivity index is 2.14. The number of hydrogen-bond acceptors (Lipinski definition) is 4. The van der Waals surface area contributed by atoms with Crippen molar-refractivity contribution in [3.05, 3.63) is 29.6 Å². The van der Waals surface area contributed by atoms with Crippen LogP contribution in [0.3, 0.4) is 0 Å². The van der Waals surface area contributed by atoms with Crippen molar-refractivity contribution in [2.45, 2.75) is 25.7 Å². The van der Waals surface area contributed by atoms with Crippen molar-refractivity contribution in [2.24, 2.45) is 0 Å². The quantitative estimate of drug-likeness (QED) is 0.862. The summed E-state index contributed by atoms with van der Waals surface area (Å²) in [6.45, 7) is 5.02. The molecule has 2 rings (SSSR count). The summed E-state index contributed by atoms with van der Waals surface area (Å²) in [4.78, 5) is 2.11. The Kier molecular flexibility index (Phi) is 5.34. The van der Waals surface area contributed by atoms with Crippen molar-refractivity contribution in [3.8, 4) is 0 Å². The molecule has 2 atom stereocenters. The van der Waals surface area contributed by atoms with E-state index in [4.69, 9.17) is 9.47 Å². The Bertz CT molecular complexity index is 430. The largest absolute Gasteiger partial charge is 0.377 e. The van der Waals surface area contributed by atoms with Gasteiger partial charge in [-0.2, -0.15) is 0 Å². The topological polar surface area (TPSA) is 33.7 Å². The van der Waals surface area contributed by atoms with Crippen LogP contribution in [0.5, 0.6) is 0 Å². The first-order chi connectivity index (χ1) is 9.67. The zero-order chi connectivity index (χ0) is 14.5. The van der Waals surface area contributed by atoms with Gasteiger partial charge in [0.25, 0.3) is 0 Å². The first-order valence-corrected chi connectivity index (χ1v) is 6.98. The minimum absolute atomic E-state index is 0.0282. The van der Waals surface area contributed by atoms with Gasteiger partial charge in [-0.3, -0.25) is 0 Å². The van der Waals surface area contributed by atoms with Crippen LogP contribution in [0.4, 0.5) is 10.1 Å². The molecule has 112 valence electrons. The number of anilines is 1. The van der Waals surface area contributed by atoms with Crippen LogP contribution in [0.25, 0.3) is 0 Å². The normalized spacial score (nSPS) is 22.5. The summed E-state index contributed by atoms with van der Waals surface area (Å²) >= 11 is 0. The van der Waals surface area contributed by atoms with Crippen LogP contribution in [-0.4, -0.2) is 46.1 Å². The van der Waals surface area contributed by atoms with Crippen molar-refractivity contribution in [2.75, 3.05) is 38.8 Å². The minimum atomic E-state index is -0.203. The number of hydrogen-bond donors (Lipinski definition) is 1. The molecule has 1 saturated heterocycles. The van der Waals surface area contributed by atoms with E-state index < -0.39 is 0 Å². The fraction of sp³-hybridized carbons (Fsp3) is 0.600. The SMILES string of the molecule is CCNCc1cc(F)cc(N2CC(OC)C(OC)C2)c1. The molecule has 1 aliphatic rings. The van der Waals surface area contributed by atoms with Crippen molar-refractivity contribution in [1.29, 1.82) is 0 Å². The summed E-state index contributed by atoms with van der Waals surface area (Å²) in [6, 6.07) is 5.17. The average molecular weight is 282 g/mol. The van der Waals surface area contributed by atoms with Crippen LogP contribution < -0.4 is 10.2 Å². The number of nitrogens with zero attached hydrogens (tertiary/aromatic N) is 1. The highest BCUT2D eigenvalue weighted by atomic mass is 19.1. The molecule has 1 fully saturated rings. The molecule has 1 aromatic rings. The monoisotopic (exact) mass is 282 g/mol. The maximum absolute atomic E-state index is 13.7. The fourth-order valence-corrected chi connectivity index (χ4v) is 2.59. The van der Waals surface area contributed by atoms with E-state index in [2.05, 4.69) is 10.2 Å². The predicted molar refractivity (Wildman–Crippen MR) is 77.6 cm³/mol. The molecule has 0 spiro atoms. The van der Waals surface area contributed by atoms with Crippen molar-refractivity contribution in [1.82, 2.24) is 5.32 Å². The fourth-order valence-electron chi connectivity index (χ4n) is 2.59. The Morgan fingerprint density at radius 1 is 1.20 bits per heavy atom. The molecule has 4 nitrogen and oxygen atoms in total. The molecule has 5 heteroatoms. The standard InChI is InChI=1S/C15H23FN2O2/c1-4-17-8-11-5-12(16)7-13(6-11)18-9-14(19-2)15(10-18)20-3/h5-7,14-15,17H,4,8-10H2,1-3H3. The van der Waals surface area contributed by atoms with Gasteiger partial charge >= 0.3 is 0 Å². The van der Waals surface area contributed by atoms with Gasteiger partial charge in [0.05, 0.1) is 0 Å². The van der Waals surface area contributed by atoms with E-state index >= 15 is 0 Å². The summed E-state index contributed by atoms with van der Waals surface area (Å²) in [5.74, 6) is -0.203. The number of benzene rings is 1. The van der Waals surface area contributed by atoms with E-state index in [-0.39, 0.29) is 18.0 Å². The van der Waals surface area contributed by atoms with Gasteiger partial charge in [-0.1, -0.05) is 6.92 Å². The summed E-state index contributed by atoms with van der Waals surface area (Å²) in [7, 11) is 3.37. The van der Waals surface area contributed by atoms with Gasteiger partial charge in [-0.25, -0.2) is 4.39 Å². The Hall–Kier alpha value is -1.17. The lowest BCUT2D eigenvalue weighted by Crippen LogP contribution is -2.27. The third-order valence-electron chi connectivity index (χ3n) is 3.71. The van der Waals surface area contributed by atoms with Gasteiger partial charge in [-0.15, -0.1) is 0 Å². The van der Waals surface area contributed by atoms with Gasteiger partial charge in [0, 0.05) is 39.5 Å². The number of halogens is 1. The second kappa shape index (κ2) is 7.02. The van der Waals surface area contributed by atoms with Crippen LogP contribution in [0.15, 0.2) is 18.2 Å². The first-order valence-electron chi connectivity index (χ1n) is 6.98. The molecule has 0 bridgehead atoms. The lowest BCUT2D eigenvalue weighted by molar-refractivity contribution is -0.00461. The average Bonchev–Trinajstić information content (AvgIpc) is 2.88. The third kappa shape index (κ3) is 3.48. The van der Waals surface area contributed by atoms with Crippen LogP contribution in [0, 0.1) is 5.82 Å². The molecule has 1 N–H and O–H groups in total. The second-order valence-corrected chi connectivity index (χ2v) is 5.05. The Morgan fingerprint density at radius 2 is 1.85 bits per heavy atom. The molecule has 1 aromatic carbocycles. The number of nitrogens with one attached hydrogen (secondary N) is 1. The van der Waals surface area contributed by atoms with Crippen LogP contribution in [0.1, 0.15) is 12.5 Å². The smallest absolute Gasteiger partial charge is 0.125 e. The van der Waals surface area contributed by atoms with E-state index in [1.54, 1.807) is 26.4 Å². The number of methoxy groups -OCH3 is 2. The highest BCUT2D eigenvalue weighted by Crippen LogP contribution is 2.25. The lowest BCUT2D eigenvalue weighted by atomic mass is 10.2. The lowest BCUT2D eigenvalue weighted by Gasteiger charge is -2.19. The first kappa shape index (κ1) is 15.2. The zero-order valence-electron chi connectivity index (χ0n) is 12.4. The van der Waals surface area contributed by atoms with E-state index in [0.29, 0.717) is 6.54 Å². The van der Waals surface area contributed by atoms with Gasteiger partial charge in [0.15, 0.2) is 0 Å². The van der Waals surface area contributed by atoms with Gasteiger partial charge in [0.1, 0.15) is 18.0 Å². The summed E-state index contributed by atoms with van der Waals surface area (Å²) in [5.41, 5.74) is 1.84. The van der Waals surface area contributed by atoms with Crippen molar-refractivity contribution >= 4 is 5.69 Å². The molecule has 2 unspecified atom stereocenters. The maximum Gasteiger partial charge on any atom is 0.125 e. The van der Waals surface area contributed by atoms with E-state index in [9.17, 15) is 4.39 Å². The molecule has 0 amide bonds. The maximum atomic E-state index is 13.7.